The molecule has 0 radical (unpaired) electrons. The third-order valence-corrected chi connectivity index (χ3v) is 7.90. The molecule has 2 aromatic carbocycles. The summed E-state index contributed by atoms with van der Waals surface area (Å²) in [6, 6.07) is 9.22. The molecule has 0 aliphatic heterocycles. The second kappa shape index (κ2) is 11.6. The van der Waals surface area contributed by atoms with Crippen LogP contribution in [-0.2, 0) is 20.8 Å². The third-order valence-electron chi connectivity index (χ3n) is 6.04. The average Bonchev–Trinajstić information content (AvgIpc) is 2.84. The molecule has 1 aliphatic carbocycles. The molecule has 2 atom stereocenters. The van der Waals surface area contributed by atoms with Crippen molar-refractivity contribution in [1.29, 1.82) is 0 Å². The monoisotopic (exact) mass is 541 g/mol. The summed E-state index contributed by atoms with van der Waals surface area (Å²) in [5, 5.41) is 14.2. The first-order chi connectivity index (χ1) is 17.4. The number of amides is 4. The number of benzene rings is 2. The van der Waals surface area contributed by atoms with E-state index >= 15 is 0 Å². The summed E-state index contributed by atoms with van der Waals surface area (Å²) in [6.07, 6.45) is -3.68. The summed E-state index contributed by atoms with van der Waals surface area (Å²) < 4.78 is 63.9. The van der Waals surface area contributed by atoms with Crippen LogP contribution >= 0.6 is 0 Å². The summed E-state index contributed by atoms with van der Waals surface area (Å²) in [5.74, 6) is -1.16. The molecule has 37 heavy (non-hydrogen) atoms. The van der Waals surface area contributed by atoms with Crippen LogP contribution < -0.4 is 15.5 Å². The first-order valence-corrected chi connectivity index (χ1v) is 13.1. The number of imide groups is 1. The highest BCUT2D eigenvalue weighted by molar-refractivity contribution is 7.91. The van der Waals surface area contributed by atoms with Gasteiger partial charge >= 0.3 is 18.3 Å². The quantitative estimate of drug-likeness (QED) is 0.485. The van der Waals surface area contributed by atoms with E-state index in [2.05, 4.69) is 10.6 Å². The van der Waals surface area contributed by atoms with E-state index in [1.807, 2.05) is 0 Å². The van der Waals surface area contributed by atoms with E-state index in [9.17, 15) is 41.1 Å². The van der Waals surface area contributed by atoms with E-state index in [1.165, 1.54) is 12.1 Å². The Balaban J connectivity index is 1.60. The largest absolute Gasteiger partial charge is 0.464 e. The lowest BCUT2D eigenvalue weighted by atomic mass is 9.86. The lowest BCUT2D eigenvalue weighted by molar-refractivity contribution is -0.137. The molecular formula is C24H26F3N3O6S. The lowest BCUT2D eigenvalue weighted by Crippen LogP contribution is -2.50. The van der Waals surface area contributed by atoms with Crippen molar-refractivity contribution in [1.82, 2.24) is 10.6 Å². The van der Waals surface area contributed by atoms with Gasteiger partial charge in [0.2, 0.25) is 5.91 Å². The van der Waals surface area contributed by atoms with Crippen LogP contribution in [-0.4, -0.2) is 49.9 Å². The third kappa shape index (κ3) is 7.44. The molecule has 1 saturated carbocycles. The molecule has 2 aromatic rings. The van der Waals surface area contributed by atoms with E-state index < -0.39 is 52.2 Å². The number of hydrogen-bond donors (Lipinski definition) is 3. The van der Waals surface area contributed by atoms with Gasteiger partial charge < -0.3 is 15.7 Å². The fraction of sp³-hybridized carbons (Fsp3) is 0.375. The molecule has 4 amide bonds. The molecule has 0 unspecified atom stereocenters. The molecule has 13 heteroatoms. The van der Waals surface area contributed by atoms with Gasteiger partial charge in [0.1, 0.15) is 0 Å². The second-order valence-electron chi connectivity index (χ2n) is 8.63. The number of alkyl halides is 3. The van der Waals surface area contributed by atoms with Crippen molar-refractivity contribution in [3.05, 3.63) is 60.2 Å². The molecule has 200 valence electrons. The summed E-state index contributed by atoms with van der Waals surface area (Å²) in [7, 11) is -3.58. The molecule has 0 aromatic heterocycles. The zero-order valence-electron chi connectivity index (χ0n) is 19.6. The summed E-state index contributed by atoms with van der Waals surface area (Å²) in [4.78, 5) is 36.9. The minimum absolute atomic E-state index is 0.158. The Kier molecular flexibility index (Phi) is 8.79. The van der Waals surface area contributed by atoms with Gasteiger partial charge in [-0.2, -0.15) is 18.1 Å². The van der Waals surface area contributed by atoms with Gasteiger partial charge in [0.15, 0.2) is 9.84 Å². The van der Waals surface area contributed by atoms with Crippen molar-refractivity contribution in [2.45, 2.75) is 42.8 Å². The van der Waals surface area contributed by atoms with Gasteiger partial charge in [0, 0.05) is 6.04 Å². The number of anilines is 1. The van der Waals surface area contributed by atoms with Gasteiger partial charge in [-0.1, -0.05) is 31.0 Å². The molecule has 3 rings (SSSR count). The number of nitrogens with one attached hydrogen (secondary N) is 2. The van der Waals surface area contributed by atoms with Crippen molar-refractivity contribution in [3.8, 4) is 0 Å². The summed E-state index contributed by atoms with van der Waals surface area (Å²) in [5.41, 5.74) is -1.35. The normalized spacial score (nSPS) is 18.0. The SMILES string of the molecule is O=C(CNC(=O)N(C(=O)O)c1ccc(C(F)(F)F)cc1)N[C@H]1CCCC[C@H]1CS(=O)(=O)c1ccccc1. The van der Waals surface area contributed by atoms with Crippen LogP contribution in [0, 0.1) is 5.92 Å². The standard InChI is InChI=1S/C24H26F3N3O6S/c25-24(26,27)17-10-12-18(13-11-17)30(23(33)34)22(32)28-14-21(31)29-20-9-5-4-6-16(20)15-37(35,36)19-7-2-1-3-8-19/h1-3,7-8,10-13,16,20H,4-6,9,14-15H2,(H,28,32)(H,29,31)(H,33,34)/t16-,20-/m0/s1. The van der Waals surface area contributed by atoms with Gasteiger partial charge in [0.05, 0.1) is 28.4 Å². The molecule has 0 spiro atoms. The Hall–Kier alpha value is -3.61. The van der Waals surface area contributed by atoms with E-state index in [4.69, 9.17) is 0 Å². The van der Waals surface area contributed by atoms with E-state index in [0.29, 0.717) is 25.0 Å². The number of carbonyl (C=O) groups excluding carboxylic acids is 2. The van der Waals surface area contributed by atoms with Crippen molar-refractivity contribution in [3.63, 3.8) is 0 Å². The molecule has 0 heterocycles. The predicted molar refractivity (Wildman–Crippen MR) is 128 cm³/mol. The number of halogens is 3. The van der Waals surface area contributed by atoms with Crippen LogP contribution in [0.5, 0.6) is 0 Å². The number of nitrogens with zero attached hydrogens (tertiary/aromatic N) is 1. The molecule has 9 nitrogen and oxygen atoms in total. The molecule has 1 aliphatic rings. The number of rotatable bonds is 7. The zero-order chi connectivity index (χ0) is 27.2. The van der Waals surface area contributed by atoms with Gasteiger partial charge in [-0.15, -0.1) is 0 Å². The molecule has 3 N–H and O–H groups in total. The summed E-state index contributed by atoms with van der Waals surface area (Å²) >= 11 is 0. The zero-order valence-corrected chi connectivity index (χ0v) is 20.4. The number of hydrogen-bond acceptors (Lipinski definition) is 5. The van der Waals surface area contributed by atoms with Gasteiger partial charge in [-0.3, -0.25) is 4.79 Å². The second-order valence-corrected chi connectivity index (χ2v) is 10.7. The minimum atomic E-state index is -4.63. The van der Waals surface area contributed by atoms with Gasteiger partial charge in [-0.05, 0) is 55.2 Å². The van der Waals surface area contributed by atoms with Crippen molar-refractivity contribution in [2.24, 2.45) is 5.92 Å². The Morgan fingerprint density at radius 2 is 1.59 bits per heavy atom. The van der Waals surface area contributed by atoms with Crippen LogP contribution in [0.4, 0.5) is 28.4 Å². The fourth-order valence-electron chi connectivity index (χ4n) is 4.21. The van der Waals surface area contributed by atoms with E-state index in [0.717, 1.165) is 25.0 Å². The predicted octanol–water partition coefficient (Wildman–Crippen LogP) is 4.05. The maximum absolute atomic E-state index is 12.8. The van der Waals surface area contributed by atoms with Gasteiger partial charge in [-0.25, -0.2) is 18.0 Å². The maximum Gasteiger partial charge on any atom is 0.420 e. The molecule has 1 fully saturated rings. The van der Waals surface area contributed by atoms with Crippen LogP contribution in [0.3, 0.4) is 0 Å². The van der Waals surface area contributed by atoms with Crippen LogP contribution in [0.2, 0.25) is 0 Å². The van der Waals surface area contributed by atoms with Crippen molar-refractivity contribution < 1.29 is 41.1 Å². The number of carboxylic acid groups (broad SMARTS) is 1. The first-order valence-electron chi connectivity index (χ1n) is 11.4. The van der Waals surface area contributed by atoms with Crippen LogP contribution in [0.15, 0.2) is 59.5 Å². The fourth-order valence-corrected chi connectivity index (χ4v) is 5.94. The number of urea groups is 1. The van der Waals surface area contributed by atoms with E-state index in [-0.39, 0.29) is 27.2 Å². The highest BCUT2D eigenvalue weighted by Crippen LogP contribution is 2.31. The smallest absolute Gasteiger partial charge is 0.420 e. The first kappa shape index (κ1) is 28.0. The molecule has 0 bridgehead atoms. The Morgan fingerprint density at radius 1 is 0.973 bits per heavy atom. The van der Waals surface area contributed by atoms with Crippen LogP contribution in [0.25, 0.3) is 0 Å². The Bertz CT molecular complexity index is 1220. The van der Waals surface area contributed by atoms with Gasteiger partial charge in [0.25, 0.3) is 0 Å². The Morgan fingerprint density at radius 3 is 2.19 bits per heavy atom. The number of carbonyl (C=O) groups is 3. The lowest BCUT2D eigenvalue weighted by Gasteiger charge is -2.32. The highest BCUT2D eigenvalue weighted by Gasteiger charge is 2.33. The Labute approximate surface area is 211 Å². The van der Waals surface area contributed by atoms with Crippen LogP contribution in [0.1, 0.15) is 31.2 Å². The van der Waals surface area contributed by atoms with Crippen molar-refractivity contribution >= 4 is 33.6 Å². The maximum atomic E-state index is 12.8. The molecular weight excluding hydrogens is 515 g/mol. The average molecular weight is 542 g/mol. The topological polar surface area (TPSA) is 133 Å². The van der Waals surface area contributed by atoms with E-state index in [1.54, 1.807) is 18.2 Å². The number of sulfone groups is 1. The summed E-state index contributed by atoms with van der Waals surface area (Å²) in [6.45, 7) is -0.613. The minimum Gasteiger partial charge on any atom is -0.464 e. The van der Waals surface area contributed by atoms with Crippen molar-refractivity contribution in [2.75, 3.05) is 17.2 Å². The highest BCUT2D eigenvalue weighted by atomic mass is 32.2. The molecule has 0 saturated heterocycles.